The number of rotatable bonds is 5. The first-order valence-electron chi connectivity index (χ1n) is 18.2. The molecule has 0 amide bonds. The highest BCUT2D eigenvalue weighted by Crippen LogP contribution is 2.44. The van der Waals surface area contributed by atoms with E-state index in [1.165, 1.54) is 0 Å². The number of anilines is 3. The van der Waals surface area contributed by atoms with Gasteiger partial charge in [0.25, 0.3) is 0 Å². The van der Waals surface area contributed by atoms with Gasteiger partial charge in [0.05, 0.1) is 75.2 Å². The molecule has 7 nitrogen and oxygen atoms in total. The Morgan fingerprint density at radius 3 is 1.22 bits per heavy atom. The highest BCUT2D eigenvalue weighted by atomic mass is 15.3. The summed E-state index contributed by atoms with van der Waals surface area (Å²) in [7, 11) is 39.1. The molecule has 0 unspecified atom stereocenters. The Kier molecular flexibility index (Phi) is 8.64. The lowest BCUT2D eigenvalue weighted by Crippen LogP contribution is -2.30. The molecule has 0 aliphatic heterocycles. The zero-order chi connectivity index (χ0) is 39.6. The molecular weight excluding hydrogens is 655 g/mol. The average Bonchev–Trinajstić information content (AvgIpc) is 3.56. The predicted molar refractivity (Wildman–Crippen MR) is 228 cm³/mol. The zero-order valence-corrected chi connectivity index (χ0v) is 33.2. The van der Waals surface area contributed by atoms with Crippen molar-refractivity contribution in [3.05, 3.63) is 99.4 Å². The van der Waals surface area contributed by atoms with Crippen LogP contribution in [-0.4, -0.2) is 75.8 Å². The molecule has 0 saturated heterocycles. The molecule has 7 rings (SSSR count). The third-order valence-electron chi connectivity index (χ3n) is 10.2. The molecule has 0 spiro atoms. The number of aryl methyl sites for hydroxylation is 5. The van der Waals surface area contributed by atoms with Crippen molar-refractivity contribution in [1.82, 2.24) is 28.7 Å². The van der Waals surface area contributed by atoms with Crippen molar-refractivity contribution >= 4 is 97.5 Å². The van der Waals surface area contributed by atoms with Gasteiger partial charge in [-0.25, -0.2) is 9.97 Å². The Morgan fingerprint density at radius 2 is 0.889 bits per heavy atom. The van der Waals surface area contributed by atoms with Gasteiger partial charge in [0.15, 0.2) is 11.6 Å². The first kappa shape index (κ1) is 37.9. The lowest BCUT2D eigenvalue weighted by atomic mass is 9.41. The molecule has 6 aromatic heterocycles. The molecule has 13 heteroatoms. The van der Waals surface area contributed by atoms with Crippen LogP contribution in [0.2, 0.25) is 0 Å². The minimum absolute atomic E-state index is 0.193. The summed E-state index contributed by atoms with van der Waals surface area (Å²) in [5, 5.41) is -1.79. The van der Waals surface area contributed by atoms with Gasteiger partial charge in [-0.05, 0) is 82.1 Å². The number of imidazole rings is 2. The molecule has 0 aliphatic rings. The number of benzene rings is 1. The first-order chi connectivity index (χ1) is 24.9. The summed E-state index contributed by atoms with van der Waals surface area (Å²) in [6, 6.07) is 16.2. The van der Waals surface area contributed by atoms with Crippen LogP contribution in [0.3, 0.4) is 0 Å². The summed E-state index contributed by atoms with van der Waals surface area (Å²) >= 11 is 0. The predicted octanol–water partition coefficient (Wildman–Crippen LogP) is 6.92. The monoisotopic (exact) mass is 697 g/mol. The minimum Gasteiger partial charge on any atom is -0.300 e. The Hall–Kier alpha value is -4.39. The van der Waals surface area contributed by atoms with E-state index >= 15 is 0 Å². The summed E-state index contributed by atoms with van der Waals surface area (Å²) in [6.45, 7) is 23.0. The second kappa shape index (κ2) is 12.3. The first-order valence-corrected chi connectivity index (χ1v) is 18.2. The second-order valence-corrected chi connectivity index (χ2v) is 17.1. The summed E-state index contributed by atoms with van der Waals surface area (Å²) in [5.41, 5.74) is 10.5. The van der Waals surface area contributed by atoms with E-state index in [4.69, 9.17) is 67.0 Å². The fraction of sp³-hybridized carbons (Fsp3) is 0.366. The van der Waals surface area contributed by atoms with Gasteiger partial charge in [-0.2, -0.15) is 0 Å². The van der Waals surface area contributed by atoms with Crippen molar-refractivity contribution in [1.29, 1.82) is 0 Å². The van der Waals surface area contributed by atoms with Crippen molar-refractivity contribution in [2.45, 2.75) is 97.2 Å². The van der Waals surface area contributed by atoms with Crippen LogP contribution >= 0.6 is 0 Å². The van der Waals surface area contributed by atoms with E-state index in [2.05, 4.69) is 79.3 Å². The van der Waals surface area contributed by atoms with Crippen LogP contribution in [-0.2, 0) is 21.1 Å². The molecule has 12 radical (unpaired) electrons. The van der Waals surface area contributed by atoms with Crippen molar-refractivity contribution in [3.8, 4) is 0 Å². The highest BCUT2D eigenvalue weighted by molar-refractivity contribution is 6.59. The molecule has 0 aliphatic carbocycles. The van der Waals surface area contributed by atoms with E-state index in [1.807, 2.05) is 59.0 Å². The number of fused-ring (bicyclic) bond motifs is 6. The van der Waals surface area contributed by atoms with Gasteiger partial charge in [0.2, 0.25) is 0 Å². The fourth-order valence-electron chi connectivity index (χ4n) is 7.60. The van der Waals surface area contributed by atoms with Crippen LogP contribution in [0, 0.1) is 34.6 Å². The van der Waals surface area contributed by atoms with Gasteiger partial charge in [0.1, 0.15) is 11.3 Å². The lowest BCUT2D eigenvalue weighted by molar-refractivity contribution is 0.571. The van der Waals surface area contributed by atoms with E-state index in [0.717, 1.165) is 55.9 Å². The molecular formula is C41H41B6N7. The largest absolute Gasteiger partial charge is 0.300 e. The van der Waals surface area contributed by atoms with Gasteiger partial charge in [0, 0.05) is 44.4 Å². The van der Waals surface area contributed by atoms with Gasteiger partial charge in [-0.1, -0.05) is 69.5 Å². The van der Waals surface area contributed by atoms with Crippen molar-refractivity contribution in [2.75, 3.05) is 4.90 Å². The Bertz CT molecular complexity index is 2490. The van der Waals surface area contributed by atoms with Crippen LogP contribution in [0.15, 0.2) is 48.5 Å². The third kappa shape index (κ3) is 6.16. The smallest absolute Gasteiger partial charge is 0.161 e. The molecule has 54 heavy (non-hydrogen) atoms. The molecule has 6 heterocycles. The maximum atomic E-state index is 6.51. The molecule has 7 aromatic rings. The van der Waals surface area contributed by atoms with Crippen LogP contribution in [0.25, 0.3) is 33.1 Å². The fourth-order valence-corrected chi connectivity index (χ4v) is 7.60. The quantitative estimate of drug-likeness (QED) is 0.183. The van der Waals surface area contributed by atoms with Gasteiger partial charge in [-0.15, -0.1) is 0 Å². The maximum Gasteiger partial charge on any atom is 0.161 e. The molecule has 258 valence electrons. The van der Waals surface area contributed by atoms with Crippen molar-refractivity contribution in [2.24, 2.45) is 0 Å². The Morgan fingerprint density at radius 1 is 0.519 bits per heavy atom. The van der Waals surface area contributed by atoms with E-state index in [9.17, 15) is 0 Å². The van der Waals surface area contributed by atoms with E-state index in [-0.39, 0.29) is 10.8 Å². The van der Waals surface area contributed by atoms with Crippen LogP contribution < -0.4 is 4.90 Å². The molecule has 1 aromatic carbocycles. The Labute approximate surface area is 326 Å². The SMILES string of the molecule is [B]C([B])([B])c1cc2nc(C(C)(C)C)ccc2c2nc(N(c3nc4c5ccc(C(C)(C)C)nc5cc(C([B])([B])[B])n4c3C)c3c(C)cc(C)cc3C)c(C)n12. The van der Waals surface area contributed by atoms with Crippen molar-refractivity contribution in [3.63, 3.8) is 0 Å². The summed E-state index contributed by atoms with van der Waals surface area (Å²) in [6.07, 6.45) is 0. The molecule has 0 N–H and O–H groups in total. The van der Waals surface area contributed by atoms with Crippen LogP contribution in [0.5, 0.6) is 0 Å². The number of nitrogens with zero attached hydrogens (tertiary/aromatic N) is 7. The highest BCUT2D eigenvalue weighted by Gasteiger charge is 2.32. The number of pyridine rings is 4. The van der Waals surface area contributed by atoms with E-state index in [1.54, 1.807) is 0 Å². The molecule has 0 fully saturated rings. The maximum absolute atomic E-state index is 6.51. The second-order valence-electron chi connectivity index (χ2n) is 17.1. The minimum atomic E-state index is -1.71. The van der Waals surface area contributed by atoms with E-state index < -0.39 is 10.2 Å². The standard InChI is InChI=1S/C41H41B6N7/c1-20-16-21(2)33(22(3)17-20)54(34-23(4)52-31(40(42,43)44)18-27-25(36(52)50-34)12-14-29(48-27)38(6,7)8)35-24(5)53-32(41(45,46)47)19-28-26(37(53)51-35)13-15-30(49-28)39(9,10)11/h12-19H,1-11H3. The summed E-state index contributed by atoms with van der Waals surface area (Å²) < 4.78 is 3.85. The van der Waals surface area contributed by atoms with Crippen LogP contribution in [0.4, 0.5) is 17.3 Å². The Balaban J connectivity index is 1.63. The number of hydrogen-bond acceptors (Lipinski definition) is 5. The molecule has 0 saturated carbocycles. The topological polar surface area (TPSA) is 63.6 Å². The lowest BCUT2D eigenvalue weighted by Gasteiger charge is -2.27. The van der Waals surface area contributed by atoms with Gasteiger partial charge in [-0.3, -0.25) is 14.9 Å². The average molecular weight is 697 g/mol. The van der Waals surface area contributed by atoms with Crippen molar-refractivity contribution < 1.29 is 0 Å². The summed E-state index contributed by atoms with van der Waals surface area (Å²) in [5.74, 6) is 1.21. The normalized spacial score (nSPS) is 13.2. The summed E-state index contributed by atoms with van der Waals surface area (Å²) in [4.78, 5) is 23.0. The van der Waals surface area contributed by atoms with E-state index in [0.29, 0.717) is 45.4 Å². The number of hydrogen-bond donors (Lipinski definition) is 0. The molecule has 0 bridgehead atoms. The third-order valence-corrected chi connectivity index (χ3v) is 10.2. The number of aromatic nitrogens is 6. The molecule has 0 atom stereocenters. The zero-order valence-electron chi connectivity index (χ0n) is 33.2. The van der Waals surface area contributed by atoms with Gasteiger partial charge >= 0.3 is 0 Å². The van der Waals surface area contributed by atoms with Gasteiger partial charge < -0.3 is 8.80 Å². The van der Waals surface area contributed by atoms with Crippen LogP contribution in [0.1, 0.15) is 92.4 Å².